The number of nitrogens with zero attached hydrogens (tertiary/aromatic N) is 4. The summed E-state index contributed by atoms with van der Waals surface area (Å²) < 4.78 is 27.9. The third-order valence-electron chi connectivity index (χ3n) is 6.12. The third kappa shape index (κ3) is 5.35. The van der Waals surface area contributed by atoms with E-state index in [0.29, 0.717) is 42.5 Å². The van der Waals surface area contributed by atoms with Crippen molar-refractivity contribution in [3.63, 3.8) is 0 Å². The fraction of sp³-hybridized carbons (Fsp3) is 0.185. The first-order valence-electron chi connectivity index (χ1n) is 12.0. The Morgan fingerprint density at radius 2 is 1.78 bits per heavy atom. The smallest absolute Gasteiger partial charge is 0.243 e. The number of rotatable bonds is 8. The Kier molecular flexibility index (Phi) is 6.93. The zero-order valence-corrected chi connectivity index (χ0v) is 21.1. The fourth-order valence-electron chi connectivity index (χ4n) is 4.22. The van der Waals surface area contributed by atoms with E-state index >= 15 is 0 Å². The summed E-state index contributed by atoms with van der Waals surface area (Å²) in [7, 11) is -3.66. The molecule has 2 aromatic heterocycles. The second kappa shape index (κ2) is 10.5. The average molecular weight is 515 g/mol. The van der Waals surface area contributed by atoms with Crippen LogP contribution in [0.25, 0.3) is 11.3 Å². The number of aromatic nitrogens is 3. The Morgan fingerprint density at radius 1 is 1.00 bits per heavy atom. The lowest BCUT2D eigenvalue weighted by molar-refractivity contribution is -0.115. The van der Waals surface area contributed by atoms with Crippen molar-refractivity contribution in [2.75, 3.05) is 23.7 Å². The van der Waals surface area contributed by atoms with Crippen LogP contribution in [0.4, 0.5) is 17.3 Å². The molecule has 0 saturated heterocycles. The van der Waals surface area contributed by atoms with Crippen LogP contribution in [0.1, 0.15) is 18.2 Å². The van der Waals surface area contributed by atoms with Crippen LogP contribution in [-0.2, 0) is 27.7 Å². The molecule has 10 heteroatoms. The Labute approximate surface area is 215 Å². The van der Waals surface area contributed by atoms with Crippen molar-refractivity contribution in [3.8, 4) is 11.3 Å². The number of fused-ring (bicyclic) bond motifs is 3. The molecule has 0 atom stereocenters. The van der Waals surface area contributed by atoms with Crippen molar-refractivity contribution in [3.05, 3.63) is 90.4 Å². The van der Waals surface area contributed by atoms with Gasteiger partial charge in [-0.15, -0.1) is 0 Å². The van der Waals surface area contributed by atoms with Crippen LogP contribution in [0.5, 0.6) is 0 Å². The van der Waals surface area contributed by atoms with Crippen LogP contribution < -0.4 is 10.6 Å². The van der Waals surface area contributed by atoms with Gasteiger partial charge < -0.3 is 10.6 Å². The van der Waals surface area contributed by atoms with Crippen LogP contribution in [0.2, 0.25) is 0 Å². The second-order valence-electron chi connectivity index (χ2n) is 8.56. The summed E-state index contributed by atoms with van der Waals surface area (Å²) in [6.07, 6.45) is 4.07. The molecule has 1 amide bonds. The molecule has 4 aromatic rings. The number of nitrogens with one attached hydrogen (secondary N) is 2. The Bertz CT molecular complexity index is 1530. The molecule has 37 heavy (non-hydrogen) atoms. The third-order valence-corrected chi connectivity index (χ3v) is 8.10. The number of para-hydroxylation sites is 1. The molecule has 0 fully saturated rings. The van der Waals surface area contributed by atoms with Gasteiger partial charge in [0.15, 0.2) is 0 Å². The van der Waals surface area contributed by atoms with Crippen LogP contribution in [-0.4, -0.2) is 46.7 Å². The maximum absolute atomic E-state index is 13.2. The lowest BCUT2D eigenvalue weighted by Gasteiger charge is -2.20. The molecule has 1 aliphatic rings. The normalized spacial score (nSPS) is 12.9. The van der Waals surface area contributed by atoms with Gasteiger partial charge in [0, 0.05) is 54.4 Å². The predicted molar refractivity (Wildman–Crippen MR) is 142 cm³/mol. The molecule has 188 valence electrons. The minimum Gasteiger partial charge on any atom is -0.325 e. The lowest BCUT2D eigenvalue weighted by atomic mass is 10.1. The molecule has 9 nitrogen and oxygen atoms in total. The van der Waals surface area contributed by atoms with E-state index in [4.69, 9.17) is 0 Å². The van der Waals surface area contributed by atoms with Crippen molar-refractivity contribution in [1.29, 1.82) is 0 Å². The molecule has 0 bridgehead atoms. The first-order chi connectivity index (χ1) is 17.9. The summed E-state index contributed by atoms with van der Waals surface area (Å²) in [5.41, 5.74) is 4.43. The second-order valence-corrected chi connectivity index (χ2v) is 10.5. The standard InChI is InChI=1S/C27H26N6O3S/c1-2-33(16-14-20-7-5-6-15-28-20)37(35,36)22-12-10-21(11-13-22)30-27-29-18-19-17-25(34)31-24-9-4-3-8-23(24)26(19)32-27/h3-13,15,18H,2,14,16-17H2,1H3,(H,31,34)(H,29,30,32). The van der Waals surface area contributed by atoms with E-state index in [2.05, 4.69) is 25.6 Å². The minimum atomic E-state index is -3.66. The minimum absolute atomic E-state index is 0.117. The van der Waals surface area contributed by atoms with E-state index in [9.17, 15) is 13.2 Å². The first-order valence-corrected chi connectivity index (χ1v) is 13.4. The quantitative estimate of drug-likeness (QED) is 0.365. The van der Waals surface area contributed by atoms with E-state index in [1.54, 1.807) is 36.7 Å². The summed E-state index contributed by atoms with van der Waals surface area (Å²) in [5.74, 6) is 0.234. The van der Waals surface area contributed by atoms with E-state index < -0.39 is 10.0 Å². The SMILES string of the molecule is CCN(CCc1ccccn1)S(=O)(=O)c1ccc(Nc2ncc3c(n2)-c2ccccc2NC(=O)C3)cc1. The van der Waals surface area contributed by atoms with Crippen LogP contribution in [0.15, 0.2) is 84.0 Å². The molecular weight excluding hydrogens is 488 g/mol. The summed E-state index contributed by atoms with van der Waals surface area (Å²) >= 11 is 0. The topological polar surface area (TPSA) is 117 Å². The largest absolute Gasteiger partial charge is 0.325 e. The maximum atomic E-state index is 13.2. The van der Waals surface area contributed by atoms with Crippen molar-refractivity contribution in [1.82, 2.24) is 19.3 Å². The average Bonchev–Trinajstić information content (AvgIpc) is 3.05. The number of amides is 1. The molecule has 3 heterocycles. The number of hydrogen-bond donors (Lipinski definition) is 2. The van der Waals surface area contributed by atoms with Crippen molar-refractivity contribution in [2.45, 2.75) is 24.7 Å². The number of sulfonamides is 1. The van der Waals surface area contributed by atoms with Gasteiger partial charge in [0.2, 0.25) is 21.9 Å². The Hall–Kier alpha value is -4.15. The van der Waals surface area contributed by atoms with Crippen LogP contribution in [0.3, 0.4) is 0 Å². The van der Waals surface area contributed by atoms with Crippen molar-refractivity contribution >= 4 is 33.3 Å². The molecule has 0 aliphatic carbocycles. The number of hydrogen-bond acceptors (Lipinski definition) is 7. The molecule has 0 unspecified atom stereocenters. The number of likely N-dealkylation sites (N-methyl/N-ethyl adjacent to an activating group) is 1. The number of benzene rings is 2. The molecule has 2 N–H and O–H groups in total. The van der Waals surface area contributed by atoms with Crippen molar-refractivity contribution in [2.24, 2.45) is 0 Å². The predicted octanol–water partition coefficient (Wildman–Crippen LogP) is 4.03. The van der Waals surface area contributed by atoms with E-state index in [1.165, 1.54) is 4.31 Å². The number of carbonyl (C=O) groups excluding carboxylic acids is 1. The van der Waals surface area contributed by atoms with Crippen LogP contribution >= 0.6 is 0 Å². The molecule has 5 rings (SSSR count). The van der Waals surface area contributed by atoms with Gasteiger partial charge in [-0.25, -0.2) is 18.4 Å². The lowest BCUT2D eigenvalue weighted by Crippen LogP contribution is -2.32. The number of pyridine rings is 1. The molecule has 0 spiro atoms. The van der Waals surface area contributed by atoms with Gasteiger partial charge in [-0.05, 0) is 42.5 Å². The highest BCUT2D eigenvalue weighted by molar-refractivity contribution is 7.89. The van der Waals surface area contributed by atoms with Crippen LogP contribution in [0, 0.1) is 0 Å². The molecule has 1 aliphatic heterocycles. The summed E-state index contributed by atoms with van der Waals surface area (Å²) in [5, 5.41) is 6.04. The Morgan fingerprint density at radius 3 is 2.54 bits per heavy atom. The van der Waals surface area contributed by atoms with Gasteiger partial charge in [0.05, 0.1) is 22.7 Å². The fourth-order valence-corrected chi connectivity index (χ4v) is 5.67. The van der Waals surface area contributed by atoms with Gasteiger partial charge in [0.25, 0.3) is 0 Å². The van der Waals surface area contributed by atoms with Crippen molar-refractivity contribution < 1.29 is 13.2 Å². The maximum Gasteiger partial charge on any atom is 0.243 e. The highest BCUT2D eigenvalue weighted by Crippen LogP contribution is 2.33. The van der Waals surface area contributed by atoms with Gasteiger partial charge in [-0.1, -0.05) is 31.2 Å². The van der Waals surface area contributed by atoms with E-state index in [1.807, 2.05) is 49.4 Å². The Balaban J connectivity index is 1.33. The zero-order valence-electron chi connectivity index (χ0n) is 20.3. The molecular formula is C27H26N6O3S. The zero-order chi connectivity index (χ0) is 25.8. The highest BCUT2D eigenvalue weighted by atomic mass is 32.2. The first kappa shape index (κ1) is 24.5. The monoisotopic (exact) mass is 514 g/mol. The molecule has 0 radical (unpaired) electrons. The van der Waals surface area contributed by atoms with Gasteiger partial charge in [-0.2, -0.15) is 4.31 Å². The number of carbonyl (C=O) groups is 1. The van der Waals surface area contributed by atoms with E-state index in [0.717, 1.165) is 16.8 Å². The number of anilines is 3. The molecule has 2 aromatic carbocycles. The van der Waals surface area contributed by atoms with Gasteiger partial charge in [0.1, 0.15) is 0 Å². The molecule has 0 saturated carbocycles. The van der Waals surface area contributed by atoms with E-state index in [-0.39, 0.29) is 17.2 Å². The highest BCUT2D eigenvalue weighted by Gasteiger charge is 2.23. The summed E-state index contributed by atoms with van der Waals surface area (Å²) in [6.45, 7) is 2.53. The van der Waals surface area contributed by atoms with Gasteiger partial charge in [-0.3, -0.25) is 9.78 Å². The van der Waals surface area contributed by atoms with Gasteiger partial charge >= 0.3 is 0 Å². The summed E-state index contributed by atoms with van der Waals surface area (Å²) in [6, 6.07) is 19.6. The summed E-state index contributed by atoms with van der Waals surface area (Å²) in [4.78, 5) is 25.8.